The van der Waals surface area contributed by atoms with Crippen LogP contribution < -0.4 is 15.4 Å². The number of ether oxygens (including phenoxy) is 1. The number of pyridine rings is 1. The smallest absolute Gasteiger partial charge is 0.240 e. The Kier molecular flexibility index (Phi) is 8.13. The lowest BCUT2D eigenvalue weighted by atomic mass is 10.0. The Morgan fingerprint density at radius 3 is 2.30 bits per heavy atom. The Hall–Kier alpha value is -3.93. The zero-order valence-electron chi connectivity index (χ0n) is 24.0. The van der Waals surface area contributed by atoms with Gasteiger partial charge in [-0.2, -0.15) is 0 Å². The van der Waals surface area contributed by atoms with Crippen LogP contribution in [0.25, 0.3) is 10.2 Å². The zero-order valence-corrected chi connectivity index (χ0v) is 24.8. The summed E-state index contributed by atoms with van der Waals surface area (Å²) in [6, 6.07) is 13.9. The highest BCUT2D eigenvalue weighted by molar-refractivity contribution is 7.19. The van der Waals surface area contributed by atoms with E-state index < -0.39 is 28.9 Å². The van der Waals surface area contributed by atoms with Gasteiger partial charge in [-0.1, -0.05) is 0 Å². The second kappa shape index (κ2) is 12.0. The Bertz CT molecular complexity index is 1650. The monoisotopic (exact) mass is 605 g/mol. The van der Waals surface area contributed by atoms with Crippen LogP contribution in [0.4, 0.5) is 20.2 Å². The van der Waals surface area contributed by atoms with Gasteiger partial charge in [-0.05, 0) is 82.2 Å². The minimum absolute atomic E-state index is 0.0152. The molecule has 1 saturated carbocycles. The number of amides is 2. The number of anilines is 2. The van der Waals surface area contributed by atoms with Crippen LogP contribution in [-0.4, -0.2) is 59.8 Å². The van der Waals surface area contributed by atoms with Gasteiger partial charge < -0.3 is 20.3 Å². The highest BCUT2D eigenvalue weighted by Gasteiger charge is 2.56. The molecule has 1 aliphatic heterocycles. The Balaban J connectivity index is 1.10. The lowest BCUT2D eigenvalue weighted by Gasteiger charge is -2.34. The van der Waals surface area contributed by atoms with Gasteiger partial charge in [0.2, 0.25) is 11.8 Å². The van der Waals surface area contributed by atoms with E-state index in [0.29, 0.717) is 30.3 Å². The molecule has 0 spiro atoms. The average Bonchev–Trinajstić information content (AvgIpc) is 3.70. The van der Waals surface area contributed by atoms with Crippen molar-refractivity contribution in [3.8, 4) is 11.5 Å². The van der Waals surface area contributed by atoms with Gasteiger partial charge in [-0.25, -0.2) is 8.78 Å². The van der Waals surface area contributed by atoms with Gasteiger partial charge in [-0.15, -0.1) is 11.3 Å². The number of nitrogens with one attached hydrogen (secondary N) is 2. The molecule has 224 valence electrons. The van der Waals surface area contributed by atoms with E-state index >= 15 is 4.39 Å². The van der Waals surface area contributed by atoms with E-state index in [2.05, 4.69) is 45.6 Å². The first-order valence-electron chi connectivity index (χ1n) is 14.3. The molecule has 2 fully saturated rings. The van der Waals surface area contributed by atoms with Crippen molar-refractivity contribution in [1.29, 1.82) is 0 Å². The molecule has 43 heavy (non-hydrogen) atoms. The second-order valence-corrected chi connectivity index (χ2v) is 12.6. The standard InChI is InChI=1S/C32H33F2N5O3S/c1-38(2)23-10-15-39(16-11-23)19-24-18-26-29(43-24)28(9-14-35-26)42-27-8-7-22(17-25(27)34)37-31(41)32(12-13-32)30(40)36-21-5-3-20(33)4-6-21/h3-9,14,17-18,23H,10-13,15-16,19H2,1-2H3,(H,36,40)(H,37,41). The number of carbonyl (C=O) groups excluding carboxylic acids is 2. The van der Waals surface area contributed by atoms with Gasteiger partial charge in [0.25, 0.3) is 0 Å². The number of hydrogen-bond acceptors (Lipinski definition) is 7. The summed E-state index contributed by atoms with van der Waals surface area (Å²) in [4.78, 5) is 36.3. The number of piperidine rings is 1. The van der Waals surface area contributed by atoms with Crippen LogP contribution in [0.15, 0.2) is 60.8 Å². The van der Waals surface area contributed by atoms with Gasteiger partial charge in [0, 0.05) is 60.3 Å². The molecular formula is C32H33F2N5O3S. The molecule has 0 bridgehead atoms. The number of carbonyl (C=O) groups is 2. The molecule has 4 aromatic rings. The van der Waals surface area contributed by atoms with E-state index in [1.807, 2.05) is 0 Å². The third-order valence-corrected chi connectivity index (χ3v) is 9.35. The van der Waals surface area contributed by atoms with Crippen LogP contribution in [0, 0.1) is 17.0 Å². The first-order chi connectivity index (χ1) is 20.7. The number of nitrogens with zero attached hydrogens (tertiary/aromatic N) is 3. The number of halogens is 2. The fourth-order valence-electron chi connectivity index (χ4n) is 5.43. The van der Waals surface area contributed by atoms with E-state index in [1.165, 1.54) is 41.3 Å². The van der Waals surface area contributed by atoms with Crippen molar-refractivity contribution in [1.82, 2.24) is 14.8 Å². The number of fused-ring (bicyclic) bond motifs is 1. The first kappa shape index (κ1) is 29.2. The highest BCUT2D eigenvalue weighted by atomic mass is 32.1. The Morgan fingerprint density at radius 1 is 0.977 bits per heavy atom. The predicted molar refractivity (Wildman–Crippen MR) is 163 cm³/mol. The molecule has 1 aliphatic carbocycles. The van der Waals surface area contributed by atoms with Crippen LogP contribution in [0.2, 0.25) is 0 Å². The zero-order chi connectivity index (χ0) is 30.1. The molecule has 0 atom stereocenters. The SMILES string of the molecule is CN(C)C1CCN(Cc2cc3nccc(Oc4ccc(NC(=O)C5(C(=O)Nc6ccc(F)cc6)CC5)cc4F)c3s2)CC1. The van der Waals surface area contributed by atoms with E-state index in [0.717, 1.165) is 42.7 Å². The average molecular weight is 606 g/mol. The third kappa shape index (κ3) is 6.39. The van der Waals surface area contributed by atoms with Gasteiger partial charge >= 0.3 is 0 Å². The summed E-state index contributed by atoms with van der Waals surface area (Å²) in [5, 5.41) is 5.32. The lowest BCUT2D eigenvalue weighted by Crippen LogP contribution is -2.41. The Labute approximate surface area is 252 Å². The molecule has 11 heteroatoms. The molecule has 0 unspecified atom stereocenters. The number of likely N-dealkylation sites (tertiary alicyclic amines) is 1. The van der Waals surface area contributed by atoms with Crippen molar-refractivity contribution >= 4 is 44.7 Å². The van der Waals surface area contributed by atoms with E-state index in [9.17, 15) is 14.0 Å². The van der Waals surface area contributed by atoms with Crippen molar-refractivity contribution in [2.45, 2.75) is 38.3 Å². The minimum atomic E-state index is -1.25. The molecule has 2 aromatic heterocycles. The summed E-state index contributed by atoms with van der Waals surface area (Å²) in [6.07, 6.45) is 4.67. The van der Waals surface area contributed by atoms with E-state index in [1.54, 1.807) is 29.7 Å². The van der Waals surface area contributed by atoms with Crippen LogP contribution >= 0.6 is 11.3 Å². The molecule has 2 aromatic carbocycles. The van der Waals surface area contributed by atoms with Crippen LogP contribution in [0.5, 0.6) is 11.5 Å². The molecule has 6 rings (SSSR count). The second-order valence-electron chi connectivity index (χ2n) is 11.5. The van der Waals surface area contributed by atoms with Gasteiger partial charge in [0.05, 0.1) is 10.2 Å². The normalized spacial score (nSPS) is 16.8. The minimum Gasteiger partial charge on any atom is -0.453 e. The number of thiophene rings is 1. The van der Waals surface area contributed by atoms with Crippen molar-refractivity contribution in [2.24, 2.45) is 5.41 Å². The Morgan fingerprint density at radius 2 is 1.65 bits per heavy atom. The summed E-state index contributed by atoms with van der Waals surface area (Å²) in [6.45, 7) is 2.93. The van der Waals surface area contributed by atoms with Crippen molar-refractivity contribution in [3.63, 3.8) is 0 Å². The van der Waals surface area contributed by atoms with Crippen LogP contribution in [-0.2, 0) is 16.1 Å². The molecule has 1 saturated heterocycles. The maximum absolute atomic E-state index is 15.2. The molecule has 8 nitrogen and oxygen atoms in total. The molecular weight excluding hydrogens is 572 g/mol. The number of rotatable bonds is 9. The number of benzene rings is 2. The van der Waals surface area contributed by atoms with Gasteiger partial charge in [-0.3, -0.25) is 19.5 Å². The summed E-state index contributed by atoms with van der Waals surface area (Å²) < 4.78 is 35.2. The quantitative estimate of drug-likeness (QED) is 0.220. The topological polar surface area (TPSA) is 86.8 Å². The third-order valence-electron chi connectivity index (χ3n) is 8.22. The largest absolute Gasteiger partial charge is 0.453 e. The van der Waals surface area contributed by atoms with Gasteiger partial charge in [0.1, 0.15) is 17.0 Å². The number of aromatic nitrogens is 1. The predicted octanol–water partition coefficient (Wildman–Crippen LogP) is 6.25. The molecule has 0 radical (unpaired) electrons. The summed E-state index contributed by atoms with van der Waals surface area (Å²) >= 11 is 1.60. The summed E-state index contributed by atoms with van der Waals surface area (Å²) in [5.41, 5.74) is 0.165. The van der Waals surface area contributed by atoms with E-state index in [4.69, 9.17) is 4.74 Å². The molecule has 2 N–H and O–H groups in total. The summed E-state index contributed by atoms with van der Waals surface area (Å²) in [7, 11) is 4.27. The van der Waals surface area contributed by atoms with Gasteiger partial charge in [0.15, 0.2) is 11.6 Å². The molecule has 2 aliphatic rings. The van der Waals surface area contributed by atoms with Crippen molar-refractivity contribution < 1.29 is 23.1 Å². The summed E-state index contributed by atoms with van der Waals surface area (Å²) in [5.74, 6) is -1.55. The van der Waals surface area contributed by atoms with Crippen molar-refractivity contribution in [3.05, 3.63) is 77.3 Å². The number of hydrogen-bond donors (Lipinski definition) is 2. The van der Waals surface area contributed by atoms with Crippen LogP contribution in [0.1, 0.15) is 30.6 Å². The molecule has 2 amide bonds. The molecule has 3 heterocycles. The van der Waals surface area contributed by atoms with Crippen molar-refractivity contribution in [2.75, 3.05) is 37.8 Å². The fourth-order valence-corrected chi connectivity index (χ4v) is 6.54. The maximum atomic E-state index is 15.2. The highest BCUT2D eigenvalue weighted by Crippen LogP contribution is 2.47. The first-order valence-corrected chi connectivity index (χ1v) is 15.1. The van der Waals surface area contributed by atoms with Crippen LogP contribution in [0.3, 0.4) is 0 Å². The maximum Gasteiger partial charge on any atom is 0.240 e. The van der Waals surface area contributed by atoms with E-state index in [-0.39, 0.29) is 11.4 Å². The lowest BCUT2D eigenvalue weighted by molar-refractivity contribution is -0.131. The fraction of sp³-hybridized carbons (Fsp3) is 0.344.